The van der Waals surface area contributed by atoms with Crippen molar-refractivity contribution >= 4 is 35.6 Å². The summed E-state index contributed by atoms with van der Waals surface area (Å²) in [5.41, 5.74) is 16.0. The fourth-order valence-electron chi connectivity index (χ4n) is 0.743. The van der Waals surface area contributed by atoms with Gasteiger partial charge in [-0.2, -0.15) is 9.58 Å². The van der Waals surface area contributed by atoms with Crippen molar-refractivity contribution in [3.05, 3.63) is 11.1 Å². The summed E-state index contributed by atoms with van der Waals surface area (Å²) in [6, 6.07) is 0. The fourth-order valence-corrected chi connectivity index (χ4v) is 1.05. The van der Waals surface area contributed by atoms with Gasteiger partial charge in [0, 0.05) is 18.2 Å². The first-order valence-electron chi connectivity index (χ1n) is 3.64. The molecule has 0 saturated carbocycles. The Morgan fingerprint density at radius 2 is 1.50 bits per heavy atom. The molecule has 0 radical (unpaired) electrons. The van der Waals surface area contributed by atoms with Crippen LogP contribution in [0.25, 0.3) is 11.1 Å². The van der Waals surface area contributed by atoms with Crippen LogP contribution in [0.4, 0.5) is 0 Å². The number of hydrogen-bond donors (Lipinski definition) is 0. The van der Waals surface area contributed by atoms with Crippen molar-refractivity contribution in [3.63, 3.8) is 0 Å². The van der Waals surface area contributed by atoms with E-state index < -0.39 is 16.9 Å². The number of alkyl halides is 1. The Morgan fingerprint density at radius 3 is 1.79 bits per heavy atom. The minimum Gasteiger partial charge on any atom is -0.361 e. The Hall–Kier alpha value is -1.61. The molecule has 0 aromatic rings. The molecule has 14 heavy (non-hydrogen) atoms. The zero-order valence-electron chi connectivity index (χ0n) is 7.13. The maximum atomic E-state index is 10.8. The highest BCUT2D eigenvalue weighted by atomic mass is 35.5. The van der Waals surface area contributed by atoms with E-state index in [2.05, 4.69) is 9.58 Å². The second kappa shape index (κ2) is 6.86. The van der Waals surface area contributed by atoms with Crippen molar-refractivity contribution in [2.75, 3.05) is 0 Å². The Balaban J connectivity index is 4.03. The van der Waals surface area contributed by atoms with Crippen molar-refractivity contribution < 1.29 is 19.2 Å². The van der Waals surface area contributed by atoms with Gasteiger partial charge in [-0.3, -0.25) is 9.59 Å². The topological polar surface area (TPSA) is 107 Å². The summed E-state index contributed by atoms with van der Waals surface area (Å²) in [5.74, 6) is -0.970. The molecule has 0 saturated heterocycles. The van der Waals surface area contributed by atoms with Crippen LogP contribution in [0.1, 0.15) is 12.8 Å². The highest BCUT2D eigenvalue weighted by Gasteiger charge is 2.16. The summed E-state index contributed by atoms with van der Waals surface area (Å²) in [6.45, 7) is 0. The van der Waals surface area contributed by atoms with E-state index >= 15 is 0 Å². The van der Waals surface area contributed by atoms with Crippen LogP contribution in [0.2, 0.25) is 0 Å². The third-order valence-corrected chi connectivity index (χ3v) is 1.56. The number of nitrogens with zero attached hydrogens (tertiary/aromatic N) is 4. The van der Waals surface area contributed by atoms with Crippen LogP contribution < -0.4 is 0 Å². The van der Waals surface area contributed by atoms with E-state index in [0.717, 1.165) is 0 Å². The number of carbonyl (C=O) groups excluding carboxylic acids is 2. The fraction of sp³-hybridized carbons (Fsp3) is 0.429. The van der Waals surface area contributed by atoms with E-state index in [1.54, 1.807) is 0 Å². The van der Waals surface area contributed by atoms with E-state index in [4.69, 9.17) is 22.7 Å². The predicted octanol–water partition coefficient (Wildman–Crippen LogP) is 0.113. The van der Waals surface area contributed by atoms with Gasteiger partial charge in [0.2, 0.25) is 11.6 Å². The molecule has 0 rings (SSSR count). The summed E-state index contributed by atoms with van der Waals surface area (Å²) >= 11 is 5.61. The molecule has 0 spiro atoms. The van der Waals surface area contributed by atoms with Crippen molar-refractivity contribution in [2.45, 2.75) is 18.2 Å². The van der Waals surface area contributed by atoms with Gasteiger partial charge in [-0.1, -0.05) is 0 Å². The van der Waals surface area contributed by atoms with E-state index in [1.807, 2.05) is 0 Å². The molecule has 74 valence electrons. The largest absolute Gasteiger partial charge is 0.361 e. The molecule has 0 fully saturated rings. The molecule has 0 bridgehead atoms. The number of ketones is 2. The Kier molecular flexibility index (Phi) is 6.07. The molecule has 0 unspecified atom stereocenters. The number of hydrogen-bond acceptors (Lipinski definition) is 2. The molecule has 0 aromatic carbocycles. The van der Waals surface area contributed by atoms with E-state index in [9.17, 15) is 9.59 Å². The standard InChI is InChI=1S/C7H7ClN4O2/c8-5(1-6(13)3-11-9)2-7(14)4-12-10/h3-5H,1-2H2. The van der Waals surface area contributed by atoms with Gasteiger partial charge in [0.1, 0.15) is 0 Å². The quantitative estimate of drug-likeness (QED) is 0.271. The van der Waals surface area contributed by atoms with Crippen LogP contribution in [0.15, 0.2) is 0 Å². The Bertz CT molecular complexity index is 297. The zero-order chi connectivity index (χ0) is 11.0. The van der Waals surface area contributed by atoms with Gasteiger partial charge >= 0.3 is 12.4 Å². The third kappa shape index (κ3) is 5.97. The molecule has 0 atom stereocenters. The van der Waals surface area contributed by atoms with Gasteiger partial charge in [0.05, 0.1) is 0 Å². The highest BCUT2D eigenvalue weighted by Crippen LogP contribution is 2.06. The molecule has 7 heteroatoms. The van der Waals surface area contributed by atoms with Crippen molar-refractivity contribution in [2.24, 2.45) is 0 Å². The smallest absolute Gasteiger partial charge is 0.323 e. The van der Waals surface area contributed by atoms with Gasteiger partial charge in [-0.25, -0.2) is 0 Å². The lowest BCUT2D eigenvalue weighted by molar-refractivity contribution is -0.117. The molecule has 0 aliphatic carbocycles. The van der Waals surface area contributed by atoms with Gasteiger partial charge < -0.3 is 11.1 Å². The Labute approximate surface area is 84.7 Å². The summed E-state index contributed by atoms with van der Waals surface area (Å²) in [4.78, 5) is 26.6. The predicted molar refractivity (Wildman–Crippen MR) is 48.3 cm³/mol. The van der Waals surface area contributed by atoms with Crippen LogP contribution >= 0.6 is 11.6 Å². The second-order valence-electron chi connectivity index (χ2n) is 2.43. The summed E-state index contributed by atoms with van der Waals surface area (Å²) in [6.07, 6.45) is 1.19. The minimum absolute atomic E-state index is 0.114. The first-order chi connectivity index (χ1) is 6.60. The lowest BCUT2D eigenvalue weighted by Crippen LogP contribution is -2.14. The summed E-state index contributed by atoms with van der Waals surface area (Å²) < 4.78 is 0. The molecule has 0 aliphatic heterocycles. The first kappa shape index (κ1) is 12.4. The van der Waals surface area contributed by atoms with Crippen molar-refractivity contribution in [3.8, 4) is 0 Å². The number of carbonyl (C=O) groups is 2. The number of Topliss-reactive ketones (excluding diaryl/α,β-unsaturated/α-hetero) is 2. The Morgan fingerprint density at radius 1 is 1.14 bits per heavy atom. The molecule has 6 nitrogen and oxygen atoms in total. The minimum atomic E-state index is -0.703. The molecular formula is C7H7ClN4O2. The molecule has 0 N–H and O–H groups in total. The average molecular weight is 215 g/mol. The van der Waals surface area contributed by atoms with Gasteiger partial charge in [-0.15, -0.1) is 11.6 Å². The molecule has 0 amide bonds. The highest BCUT2D eigenvalue weighted by molar-refractivity contribution is 6.32. The lowest BCUT2D eigenvalue weighted by Gasteiger charge is -1.99. The monoisotopic (exact) mass is 214 g/mol. The zero-order valence-corrected chi connectivity index (χ0v) is 7.89. The normalized spacial score (nSPS) is 10.6. The van der Waals surface area contributed by atoms with Gasteiger partial charge in [-0.05, 0) is 0 Å². The summed E-state index contributed by atoms with van der Waals surface area (Å²) in [5, 5.41) is -0.703. The van der Waals surface area contributed by atoms with Gasteiger partial charge in [0.15, 0.2) is 0 Å². The average Bonchev–Trinajstić information content (AvgIpc) is 2.03. The maximum absolute atomic E-state index is 10.8. The maximum Gasteiger partial charge on any atom is 0.323 e. The van der Waals surface area contributed by atoms with Crippen LogP contribution in [0, 0.1) is 0 Å². The van der Waals surface area contributed by atoms with Gasteiger partial charge in [0.25, 0.3) is 0 Å². The number of halogens is 1. The van der Waals surface area contributed by atoms with Crippen LogP contribution in [-0.4, -0.2) is 39.0 Å². The van der Waals surface area contributed by atoms with Crippen LogP contribution in [-0.2, 0) is 9.59 Å². The second-order valence-corrected chi connectivity index (χ2v) is 3.04. The van der Waals surface area contributed by atoms with E-state index in [0.29, 0.717) is 12.4 Å². The number of rotatable bonds is 6. The van der Waals surface area contributed by atoms with Crippen LogP contribution in [0.5, 0.6) is 0 Å². The van der Waals surface area contributed by atoms with Crippen LogP contribution in [0.3, 0.4) is 0 Å². The first-order valence-corrected chi connectivity index (χ1v) is 4.08. The molecule has 0 aromatic heterocycles. The lowest BCUT2D eigenvalue weighted by atomic mass is 10.1. The van der Waals surface area contributed by atoms with E-state index in [-0.39, 0.29) is 12.8 Å². The third-order valence-electron chi connectivity index (χ3n) is 1.25. The van der Waals surface area contributed by atoms with Crippen molar-refractivity contribution in [1.82, 2.24) is 0 Å². The van der Waals surface area contributed by atoms with E-state index in [1.165, 1.54) is 0 Å². The van der Waals surface area contributed by atoms with Crippen molar-refractivity contribution in [1.29, 1.82) is 0 Å². The molecule has 0 aliphatic rings. The SMILES string of the molecule is [N-]=[N+]=CC(=O)CC(Cl)CC(=O)C=[N+]=[N-]. The molecular weight excluding hydrogens is 208 g/mol. The summed E-state index contributed by atoms with van der Waals surface area (Å²) in [7, 11) is 0. The molecule has 0 heterocycles.